The van der Waals surface area contributed by atoms with Crippen molar-refractivity contribution >= 4 is 12.4 Å². The third-order valence-corrected chi connectivity index (χ3v) is 5.12. The van der Waals surface area contributed by atoms with Crippen LogP contribution >= 0.6 is 12.4 Å². The lowest BCUT2D eigenvalue weighted by Crippen LogP contribution is -2.23. The molecule has 2 heterocycles. The molecule has 1 aliphatic rings. The second-order valence-electron chi connectivity index (χ2n) is 6.97. The molecule has 1 fully saturated rings. The molecule has 0 bridgehead atoms. The lowest BCUT2D eigenvalue weighted by molar-refractivity contribution is 0.298. The van der Waals surface area contributed by atoms with Crippen LogP contribution in [0.2, 0.25) is 0 Å². The van der Waals surface area contributed by atoms with E-state index in [9.17, 15) is 0 Å². The number of nitrogens with two attached hydrogens (primary N) is 1. The van der Waals surface area contributed by atoms with E-state index >= 15 is 0 Å². The van der Waals surface area contributed by atoms with Crippen LogP contribution < -0.4 is 5.73 Å². The second kappa shape index (κ2) is 9.13. The second-order valence-corrected chi connectivity index (χ2v) is 6.97. The lowest BCUT2D eigenvalue weighted by Gasteiger charge is -2.16. The van der Waals surface area contributed by atoms with Crippen LogP contribution in [0.15, 0.2) is 65.2 Å². The van der Waals surface area contributed by atoms with E-state index in [1.807, 2.05) is 18.2 Å². The minimum atomic E-state index is 0. The van der Waals surface area contributed by atoms with Crippen molar-refractivity contribution in [2.75, 3.05) is 19.6 Å². The van der Waals surface area contributed by atoms with Crippen LogP contribution in [-0.4, -0.2) is 34.7 Å². The average Bonchev–Trinajstić information content (AvgIpc) is 3.30. The Bertz CT molecular complexity index is 824. The number of hydrogen-bond acceptors (Lipinski definition) is 5. The first-order chi connectivity index (χ1) is 12.8. The van der Waals surface area contributed by atoms with E-state index < -0.39 is 0 Å². The van der Waals surface area contributed by atoms with E-state index in [1.165, 1.54) is 11.1 Å². The van der Waals surface area contributed by atoms with Gasteiger partial charge in [0.05, 0.1) is 13.0 Å². The highest BCUT2D eigenvalue weighted by Gasteiger charge is 2.33. The van der Waals surface area contributed by atoms with Gasteiger partial charge < -0.3 is 10.3 Å². The van der Waals surface area contributed by atoms with Gasteiger partial charge in [0.15, 0.2) is 5.82 Å². The Morgan fingerprint density at radius 3 is 2.41 bits per heavy atom. The van der Waals surface area contributed by atoms with Crippen molar-refractivity contribution < 1.29 is 4.52 Å². The fourth-order valence-electron chi connectivity index (χ4n) is 3.80. The van der Waals surface area contributed by atoms with Crippen LogP contribution in [0.4, 0.5) is 0 Å². The van der Waals surface area contributed by atoms with Crippen molar-refractivity contribution in [2.45, 2.75) is 18.9 Å². The summed E-state index contributed by atoms with van der Waals surface area (Å²) in [7, 11) is 0. The Balaban J connectivity index is 0.00000210. The Kier molecular flexibility index (Phi) is 6.61. The Labute approximate surface area is 166 Å². The Hall–Kier alpha value is -2.21. The van der Waals surface area contributed by atoms with Gasteiger partial charge in [0, 0.05) is 19.0 Å². The molecule has 0 spiro atoms. The van der Waals surface area contributed by atoms with E-state index in [-0.39, 0.29) is 12.4 Å². The number of hydrogen-bond donors (Lipinski definition) is 1. The Morgan fingerprint density at radius 1 is 1.00 bits per heavy atom. The van der Waals surface area contributed by atoms with Gasteiger partial charge in [-0.3, -0.25) is 4.90 Å². The molecule has 1 aromatic heterocycles. The van der Waals surface area contributed by atoms with E-state index in [2.05, 4.69) is 57.5 Å². The summed E-state index contributed by atoms with van der Waals surface area (Å²) in [5, 5.41) is 4.17. The SMILES string of the molecule is Cl.NC[C@@H]1CN(Cc2noc(Cc3ccccc3)n2)C[C@H]1c1ccccc1. The highest BCUT2D eigenvalue weighted by Crippen LogP contribution is 2.32. The molecule has 142 valence electrons. The fourth-order valence-corrected chi connectivity index (χ4v) is 3.80. The largest absolute Gasteiger partial charge is 0.339 e. The smallest absolute Gasteiger partial charge is 0.231 e. The molecule has 0 saturated carbocycles. The van der Waals surface area contributed by atoms with Crippen molar-refractivity contribution in [2.24, 2.45) is 11.7 Å². The monoisotopic (exact) mass is 384 g/mol. The lowest BCUT2D eigenvalue weighted by atomic mass is 9.89. The van der Waals surface area contributed by atoms with Gasteiger partial charge in [-0.15, -0.1) is 12.4 Å². The molecule has 6 heteroatoms. The van der Waals surface area contributed by atoms with Crippen molar-refractivity contribution in [1.82, 2.24) is 15.0 Å². The molecule has 2 N–H and O–H groups in total. The van der Waals surface area contributed by atoms with E-state index in [4.69, 9.17) is 10.3 Å². The molecule has 0 unspecified atom stereocenters. The maximum absolute atomic E-state index is 6.03. The van der Waals surface area contributed by atoms with Gasteiger partial charge in [0.1, 0.15) is 0 Å². The highest BCUT2D eigenvalue weighted by molar-refractivity contribution is 5.85. The van der Waals surface area contributed by atoms with Crippen molar-refractivity contribution in [1.29, 1.82) is 0 Å². The molecule has 1 aliphatic heterocycles. The minimum absolute atomic E-state index is 0. The molecular formula is C21H25ClN4O. The van der Waals surface area contributed by atoms with Crippen molar-refractivity contribution in [3.05, 3.63) is 83.5 Å². The van der Waals surface area contributed by atoms with E-state index in [0.717, 1.165) is 18.9 Å². The first-order valence-electron chi connectivity index (χ1n) is 9.14. The van der Waals surface area contributed by atoms with Gasteiger partial charge in [0.25, 0.3) is 0 Å². The number of rotatable bonds is 6. The molecule has 1 saturated heterocycles. The molecule has 27 heavy (non-hydrogen) atoms. The molecular weight excluding hydrogens is 360 g/mol. The first-order valence-corrected chi connectivity index (χ1v) is 9.14. The summed E-state index contributed by atoms with van der Waals surface area (Å²) in [5.74, 6) is 2.35. The summed E-state index contributed by atoms with van der Waals surface area (Å²) in [6.45, 7) is 3.35. The zero-order valence-corrected chi connectivity index (χ0v) is 16.0. The van der Waals surface area contributed by atoms with E-state index in [1.54, 1.807) is 0 Å². The highest BCUT2D eigenvalue weighted by atomic mass is 35.5. The molecule has 0 aliphatic carbocycles. The summed E-state index contributed by atoms with van der Waals surface area (Å²) < 4.78 is 5.43. The van der Waals surface area contributed by atoms with Crippen LogP contribution in [0, 0.1) is 5.92 Å². The molecule has 2 aromatic carbocycles. The quantitative estimate of drug-likeness (QED) is 0.706. The third-order valence-electron chi connectivity index (χ3n) is 5.12. The van der Waals surface area contributed by atoms with E-state index in [0.29, 0.717) is 37.2 Å². The summed E-state index contributed by atoms with van der Waals surface area (Å²) in [4.78, 5) is 6.95. The maximum Gasteiger partial charge on any atom is 0.231 e. The summed E-state index contributed by atoms with van der Waals surface area (Å²) >= 11 is 0. The number of benzene rings is 2. The van der Waals surface area contributed by atoms with Crippen LogP contribution in [0.25, 0.3) is 0 Å². The normalized spacial score (nSPS) is 19.7. The third kappa shape index (κ3) is 4.75. The van der Waals surface area contributed by atoms with Crippen LogP contribution in [0.3, 0.4) is 0 Å². The number of nitrogens with zero attached hydrogens (tertiary/aromatic N) is 3. The van der Waals surface area contributed by atoms with Crippen LogP contribution in [0.1, 0.15) is 28.8 Å². The maximum atomic E-state index is 6.03. The summed E-state index contributed by atoms with van der Waals surface area (Å²) in [6, 6.07) is 20.8. The summed E-state index contributed by atoms with van der Waals surface area (Å²) in [5.41, 5.74) is 8.57. The number of halogens is 1. The van der Waals surface area contributed by atoms with Gasteiger partial charge in [-0.1, -0.05) is 65.8 Å². The molecule has 3 aromatic rings. The molecule has 0 amide bonds. The van der Waals surface area contributed by atoms with Gasteiger partial charge in [-0.05, 0) is 23.6 Å². The van der Waals surface area contributed by atoms with Gasteiger partial charge >= 0.3 is 0 Å². The zero-order chi connectivity index (χ0) is 17.8. The fraction of sp³-hybridized carbons (Fsp3) is 0.333. The number of likely N-dealkylation sites (tertiary alicyclic amines) is 1. The summed E-state index contributed by atoms with van der Waals surface area (Å²) in [6.07, 6.45) is 0.673. The average molecular weight is 385 g/mol. The molecule has 5 nitrogen and oxygen atoms in total. The number of aromatic nitrogens is 2. The predicted molar refractivity (Wildman–Crippen MR) is 108 cm³/mol. The van der Waals surface area contributed by atoms with Gasteiger partial charge in [-0.2, -0.15) is 4.98 Å². The van der Waals surface area contributed by atoms with Crippen LogP contribution in [0.5, 0.6) is 0 Å². The predicted octanol–water partition coefficient (Wildman–Crippen LogP) is 3.26. The van der Waals surface area contributed by atoms with Gasteiger partial charge in [0.2, 0.25) is 5.89 Å². The van der Waals surface area contributed by atoms with Gasteiger partial charge in [-0.25, -0.2) is 0 Å². The Morgan fingerprint density at radius 2 is 1.70 bits per heavy atom. The molecule has 0 radical (unpaired) electrons. The molecule has 4 rings (SSSR count). The molecule has 2 atom stereocenters. The standard InChI is InChI=1S/C21H24N4O.ClH/c22-12-18-13-25(14-19(18)17-9-5-2-6-10-17)15-20-23-21(26-24-20)11-16-7-3-1-4-8-16;/h1-10,18-19H,11-15,22H2;1H/t18-,19+;/m1./s1. The van der Waals surface area contributed by atoms with Crippen molar-refractivity contribution in [3.8, 4) is 0 Å². The van der Waals surface area contributed by atoms with Crippen LogP contribution in [-0.2, 0) is 13.0 Å². The zero-order valence-electron chi connectivity index (χ0n) is 15.2. The topological polar surface area (TPSA) is 68.2 Å². The first kappa shape index (κ1) is 19.5. The minimum Gasteiger partial charge on any atom is -0.339 e. The van der Waals surface area contributed by atoms with Crippen molar-refractivity contribution in [3.63, 3.8) is 0 Å².